The minimum absolute atomic E-state index is 0.202. The lowest BCUT2D eigenvalue weighted by molar-refractivity contribution is 0.0952. The van der Waals surface area contributed by atoms with Crippen molar-refractivity contribution in [2.45, 2.75) is 33.9 Å². The van der Waals surface area contributed by atoms with E-state index in [0.717, 1.165) is 36.6 Å². The maximum Gasteiger partial charge on any atom is 0.257 e. The van der Waals surface area contributed by atoms with Gasteiger partial charge in [-0.2, -0.15) is 5.10 Å². The molecule has 0 spiro atoms. The number of fused-ring (bicyclic) bond motifs is 1. The second-order valence-electron chi connectivity index (χ2n) is 6.20. The number of aryl methyl sites for hydroxylation is 1. The Morgan fingerprint density at radius 3 is 2.77 bits per heavy atom. The first-order chi connectivity index (χ1) is 12.6. The number of carbonyl (C=O) groups is 1. The van der Waals surface area contributed by atoms with Gasteiger partial charge in [0.1, 0.15) is 5.56 Å². The zero-order chi connectivity index (χ0) is 18.5. The van der Waals surface area contributed by atoms with E-state index in [9.17, 15) is 4.79 Å². The van der Waals surface area contributed by atoms with Crippen LogP contribution in [0.4, 0.5) is 0 Å². The Morgan fingerprint density at radius 2 is 2.04 bits per heavy atom. The first kappa shape index (κ1) is 18.0. The highest BCUT2D eigenvalue weighted by atomic mass is 16.1. The second-order valence-corrected chi connectivity index (χ2v) is 6.20. The van der Waals surface area contributed by atoms with Crippen molar-refractivity contribution in [3.8, 4) is 0 Å². The van der Waals surface area contributed by atoms with Crippen LogP contribution in [0, 0.1) is 6.92 Å². The third kappa shape index (κ3) is 4.05. The van der Waals surface area contributed by atoms with Crippen LogP contribution in [0.2, 0.25) is 0 Å². The molecule has 0 unspecified atom stereocenters. The number of hydrogen-bond donors (Lipinski definition) is 1. The minimum atomic E-state index is -0.202. The normalized spacial score (nSPS) is 11.2. The summed E-state index contributed by atoms with van der Waals surface area (Å²) in [5, 5.41) is 7.17. The fourth-order valence-corrected chi connectivity index (χ4v) is 2.82. The molecule has 3 aromatic heterocycles. The first-order valence-electron chi connectivity index (χ1n) is 8.86. The summed E-state index contributed by atoms with van der Waals surface area (Å²) in [6.07, 6.45) is 5.30. The average Bonchev–Trinajstić information content (AvgIpc) is 3.07. The minimum Gasteiger partial charge on any atom is -0.346 e. The van der Waals surface area contributed by atoms with E-state index in [1.165, 1.54) is 0 Å². The van der Waals surface area contributed by atoms with E-state index in [4.69, 9.17) is 0 Å². The summed E-state index contributed by atoms with van der Waals surface area (Å²) in [4.78, 5) is 23.6. The van der Waals surface area contributed by atoms with Crippen molar-refractivity contribution in [3.05, 3.63) is 59.3 Å². The molecule has 3 rings (SSSR count). The Hall–Kier alpha value is -2.80. The molecule has 0 fully saturated rings. The monoisotopic (exact) mass is 352 g/mol. The molecule has 7 nitrogen and oxygen atoms in total. The number of nitrogens with zero attached hydrogens (tertiary/aromatic N) is 5. The second kappa shape index (κ2) is 8.05. The number of pyridine rings is 1. The third-order valence-electron chi connectivity index (χ3n) is 4.33. The van der Waals surface area contributed by atoms with Crippen molar-refractivity contribution >= 4 is 11.6 Å². The summed E-state index contributed by atoms with van der Waals surface area (Å²) in [5.41, 5.74) is 3.84. The highest BCUT2D eigenvalue weighted by Gasteiger charge is 2.14. The lowest BCUT2D eigenvalue weighted by atomic mass is 10.2. The van der Waals surface area contributed by atoms with E-state index in [1.54, 1.807) is 10.7 Å². The van der Waals surface area contributed by atoms with Crippen LogP contribution in [-0.4, -0.2) is 43.5 Å². The molecule has 136 valence electrons. The fourth-order valence-electron chi connectivity index (χ4n) is 2.82. The molecular formula is C19H24N6O. The largest absolute Gasteiger partial charge is 0.346 e. The van der Waals surface area contributed by atoms with E-state index in [2.05, 4.69) is 39.1 Å². The summed E-state index contributed by atoms with van der Waals surface area (Å²) in [6.45, 7) is 9.34. The van der Waals surface area contributed by atoms with Gasteiger partial charge in [-0.3, -0.25) is 14.7 Å². The standard InChI is InChI=1S/C19H24N6O/c1-4-24(5-2)12-15-9-20-18-17(11-22-25(18)13-15)19(26)21-10-16-8-6-7-14(3)23-16/h6-9,11,13H,4-5,10,12H2,1-3H3,(H,21,26). The van der Waals surface area contributed by atoms with E-state index < -0.39 is 0 Å². The fraction of sp³-hybridized carbons (Fsp3) is 0.368. The molecule has 3 heterocycles. The molecule has 0 radical (unpaired) electrons. The van der Waals surface area contributed by atoms with Crippen LogP contribution in [0.3, 0.4) is 0 Å². The molecule has 1 N–H and O–H groups in total. The number of nitrogens with one attached hydrogen (secondary N) is 1. The summed E-state index contributed by atoms with van der Waals surface area (Å²) < 4.78 is 1.67. The molecule has 26 heavy (non-hydrogen) atoms. The maximum absolute atomic E-state index is 12.5. The molecule has 0 saturated heterocycles. The van der Waals surface area contributed by atoms with Crippen molar-refractivity contribution in [2.75, 3.05) is 13.1 Å². The smallest absolute Gasteiger partial charge is 0.257 e. The molecule has 7 heteroatoms. The molecule has 0 aliphatic heterocycles. The van der Waals surface area contributed by atoms with Gasteiger partial charge in [-0.25, -0.2) is 9.50 Å². The van der Waals surface area contributed by atoms with E-state index in [1.807, 2.05) is 37.5 Å². The van der Waals surface area contributed by atoms with E-state index in [-0.39, 0.29) is 5.91 Å². The van der Waals surface area contributed by atoms with Gasteiger partial charge < -0.3 is 5.32 Å². The van der Waals surface area contributed by atoms with Gasteiger partial charge in [0, 0.05) is 30.2 Å². The number of amides is 1. The van der Waals surface area contributed by atoms with Crippen molar-refractivity contribution in [1.82, 2.24) is 29.8 Å². The lowest BCUT2D eigenvalue weighted by Gasteiger charge is -2.17. The van der Waals surface area contributed by atoms with Crippen molar-refractivity contribution < 1.29 is 4.79 Å². The van der Waals surface area contributed by atoms with Gasteiger partial charge in [0.2, 0.25) is 0 Å². The molecule has 0 bridgehead atoms. The molecule has 0 aromatic carbocycles. The predicted molar refractivity (Wildman–Crippen MR) is 99.8 cm³/mol. The lowest BCUT2D eigenvalue weighted by Crippen LogP contribution is -2.23. The summed E-state index contributed by atoms with van der Waals surface area (Å²) in [7, 11) is 0. The van der Waals surface area contributed by atoms with Crippen LogP contribution in [0.5, 0.6) is 0 Å². The van der Waals surface area contributed by atoms with Gasteiger partial charge in [0.05, 0.1) is 18.4 Å². The first-order valence-corrected chi connectivity index (χ1v) is 8.86. The van der Waals surface area contributed by atoms with E-state index >= 15 is 0 Å². The zero-order valence-corrected chi connectivity index (χ0v) is 15.4. The van der Waals surface area contributed by atoms with Gasteiger partial charge in [0.15, 0.2) is 5.65 Å². The van der Waals surface area contributed by atoms with Crippen LogP contribution in [-0.2, 0) is 13.1 Å². The molecular weight excluding hydrogens is 328 g/mol. The number of carbonyl (C=O) groups excluding carboxylic acids is 1. The molecule has 0 aliphatic rings. The average molecular weight is 352 g/mol. The Morgan fingerprint density at radius 1 is 1.23 bits per heavy atom. The third-order valence-corrected chi connectivity index (χ3v) is 4.33. The quantitative estimate of drug-likeness (QED) is 0.705. The van der Waals surface area contributed by atoms with E-state index in [0.29, 0.717) is 17.8 Å². The Kier molecular flexibility index (Phi) is 5.58. The summed E-state index contributed by atoms with van der Waals surface area (Å²) in [5.74, 6) is -0.202. The molecule has 0 aliphatic carbocycles. The number of rotatable bonds is 7. The van der Waals surface area contributed by atoms with Gasteiger partial charge in [-0.1, -0.05) is 19.9 Å². The Labute approximate surface area is 153 Å². The Bertz CT molecular complexity index is 900. The topological polar surface area (TPSA) is 75.4 Å². The van der Waals surface area contributed by atoms with Crippen LogP contribution in [0.25, 0.3) is 5.65 Å². The molecule has 1 amide bonds. The van der Waals surface area contributed by atoms with Crippen molar-refractivity contribution in [3.63, 3.8) is 0 Å². The number of hydrogen-bond acceptors (Lipinski definition) is 5. The van der Waals surface area contributed by atoms with Crippen LogP contribution < -0.4 is 5.32 Å². The summed E-state index contributed by atoms with van der Waals surface area (Å²) >= 11 is 0. The van der Waals surface area contributed by atoms with Crippen LogP contribution in [0.1, 0.15) is 41.2 Å². The highest BCUT2D eigenvalue weighted by Crippen LogP contribution is 2.11. The van der Waals surface area contributed by atoms with Gasteiger partial charge >= 0.3 is 0 Å². The number of aromatic nitrogens is 4. The predicted octanol–water partition coefficient (Wildman–Crippen LogP) is 2.20. The van der Waals surface area contributed by atoms with Gasteiger partial charge in [-0.05, 0) is 32.1 Å². The van der Waals surface area contributed by atoms with Crippen LogP contribution in [0.15, 0.2) is 36.8 Å². The molecule has 0 atom stereocenters. The highest BCUT2D eigenvalue weighted by molar-refractivity contribution is 5.99. The molecule has 3 aromatic rings. The van der Waals surface area contributed by atoms with Gasteiger partial charge in [0.25, 0.3) is 5.91 Å². The van der Waals surface area contributed by atoms with Crippen molar-refractivity contribution in [2.24, 2.45) is 0 Å². The van der Waals surface area contributed by atoms with Gasteiger partial charge in [-0.15, -0.1) is 0 Å². The van der Waals surface area contributed by atoms with Crippen LogP contribution >= 0.6 is 0 Å². The zero-order valence-electron chi connectivity index (χ0n) is 15.4. The Balaban J connectivity index is 1.72. The molecule has 0 saturated carbocycles. The maximum atomic E-state index is 12.5. The summed E-state index contributed by atoms with van der Waals surface area (Å²) in [6, 6.07) is 5.75. The van der Waals surface area contributed by atoms with Crippen molar-refractivity contribution in [1.29, 1.82) is 0 Å². The SMILES string of the molecule is CCN(CC)Cc1cnc2c(C(=O)NCc3cccc(C)n3)cnn2c1.